The minimum atomic E-state index is 0.184. The van der Waals surface area contributed by atoms with Crippen LogP contribution in [0.2, 0.25) is 0 Å². The third-order valence-electron chi connectivity index (χ3n) is 4.59. The van der Waals surface area contributed by atoms with Crippen molar-refractivity contribution < 1.29 is 9.90 Å². The van der Waals surface area contributed by atoms with Crippen LogP contribution in [0.15, 0.2) is 18.2 Å². The monoisotopic (exact) mass is 274 g/mol. The van der Waals surface area contributed by atoms with Gasteiger partial charge in [0, 0.05) is 39.1 Å². The molecule has 1 heterocycles. The van der Waals surface area contributed by atoms with E-state index < -0.39 is 0 Å². The lowest BCUT2D eigenvalue weighted by atomic mass is 10.1. The smallest absolute Gasteiger partial charge is 0.219 e. The van der Waals surface area contributed by atoms with Crippen LogP contribution >= 0.6 is 0 Å². The number of benzene rings is 1. The zero-order valence-electron chi connectivity index (χ0n) is 12.0. The van der Waals surface area contributed by atoms with E-state index in [0.717, 1.165) is 45.4 Å². The van der Waals surface area contributed by atoms with Crippen molar-refractivity contribution in [3.63, 3.8) is 0 Å². The molecule has 4 nitrogen and oxygen atoms in total. The molecule has 0 spiro atoms. The van der Waals surface area contributed by atoms with Crippen LogP contribution in [-0.4, -0.2) is 47.0 Å². The largest absolute Gasteiger partial charge is 0.508 e. The Morgan fingerprint density at radius 1 is 1.25 bits per heavy atom. The molecule has 1 unspecified atom stereocenters. The summed E-state index contributed by atoms with van der Waals surface area (Å²) in [5.41, 5.74) is 2.64. The molecule has 1 amide bonds. The Labute approximate surface area is 120 Å². The molecular formula is C16H22N2O2. The lowest BCUT2D eigenvalue weighted by Crippen LogP contribution is -2.34. The molecule has 1 atom stereocenters. The molecule has 4 heteroatoms. The number of carbonyl (C=O) groups excluding carboxylic acids is 1. The Balaban J connectivity index is 1.74. The number of fused-ring (bicyclic) bond motifs is 1. The van der Waals surface area contributed by atoms with Crippen molar-refractivity contribution in [2.24, 2.45) is 0 Å². The summed E-state index contributed by atoms with van der Waals surface area (Å²) < 4.78 is 0. The van der Waals surface area contributed by atoms with Crippen molar-refractivity contribution in [3.8, 4) is 5.75 Å². The summed E-state index contributed by atoms with van der Waals surface area (Å²) in [7, 11) is 0. The average molecular weight is 274 g/mol. The predicted molar refractivity (Wildman–Crippen MR) is 77.6 cm³/mol. The van der Waals surface area contributed by atoms with Gasteiger partial charge in [0.2, 0.25) is 5.91 Å². The summed E-state index contributed by atoms with van der Waals surface area (Å²) >= 11 is 0. The molecule has 0 saturated carbocycles. The summed E-state index contributed by atoms with van der Waals surface area (Å²) in [6.45, 7) is 5.36. The fraction of sp³-hybridized carbons (Fsp3) is 0.562. The number of phenolic OH excluding ortho intramolecular Hbond substituents is 1. The normalized spacial score (nSPS) is 23.4. The van der Waals surface area contributed by atoms with Crippen molar-refractivity contribution in [1.82, 2.24) is 9.80 Å². The third kappa shape index (κ3) is 2.52. The molecule has 1 aromatic carbocycles. The Bertz CT molecular complexity index is 515. The SMILES string of the molecule is CC(=O)N1CCCN(C2CCc3cc(O)ccc32)CC1. The van der Waals surface area contributed by atoms with Gasteiger partial charge in [-0.05, 0) is 42.5 Å². The molecule has 0 bridgehead atoms. The minimum Gasteiger partial charge on any atom is -0.508 e. The van der Waals surface area contributed by atoms with Gasteiger partial charge in [-0.15, -0.1) is 0 Å². The molecule has 1 aliphatic carbocycles. The van der Waals surface area contributed by atoms with Crippen LogP contribution in [0.25, 0.3) is 0 Å². The van der Waals surface area contributed by atoms with Crippen LogP contribution in [0.3, 0.4) is 0 Å². The summed E-state index contributed by atoms with van der Waals surface area (Å²) in [6.07, 6.45) is 3.21. The van der Waals surface area contributed by atoms with E-state index in [1.807, 2.05) is 11.0 Å². The quantitative estimate of drug-likeness (QED) is 0.851. The van der Waals surface area contributed by atoms with Gasteiger partial charge < -0.3 is 10.0 Å². The summed E-state index contributed by atoms with van der Waals surface area (Å²) in [5, 5.41) is 9.58. The molecule has 2 aliphatic rings. The number of phenols is 1. The number of carbonyl (C=O) groups is 1. The number of rotatable bonds is 1. The van der Waals surface area contributed by atoms with E-state index in [9.17, 15) is 9.90 Å². The fourth-order valence-electron chi connectivity index (χ4n) is 3.52. The van der Waals surface area contributed by atoms with Crippen molar-refractivity contribution in [3.05, 3.63) is 29.3 Å². The zero-order chi connectivity index (χ0) is 14.1. The Kier molecular flexibility index (Phi) is 3.66. The highest BCUT2D eigenvalue weighted by molar-refractivity contribution is 5.73. The van der Waals surface area contributed by atoms with Gasteiger partial charge in [0.25, 0.3) is 0 Å². The maximum atomic E-state index is 11.5. The van der Waals surface area contributed by atoms with Gasteiger partial charge >= 0.3 is 0 Å². The number of aryl methyl sites for hydroxylation is 1. The van der Waals surface area contributed by atoms with Crippen molar-refractivity contribution in [2.45, 2.75) is 32.2 Å². The highest BCUT2D eigenvalue weighted by Crippen LogP contribution is 2.37. The Morgan fingerprint density at radius 3 is 2.90 bits per heavy atom. The molecule has 20 heavy (non-hydrogen) atoms. The van der Waals surface area contributed by atoms with E-state index >= 15 is 0 Å². The number of nitrogens with zero attached hydrogens (tertiary/aromatic N) is 2. The molecule has 1 saturated heterocycles. The lowest BCUT2D eigenvalue weighted by molar-refractivity contribution is -0.128. The van der Waals surface area contributed by atoms with Crippen molar-refractivity contribution in [2.75, 3.05) is 26.2 Å². The van der Waals surface area contributed by atoms with E-state index in [4.69, 9.17) is 0 Å². The van der Waals surface area contributed by atoms with Crippen LogP contribution in [0.4, 0.5) is 0 Å². The first kappa shape index (κ1) is 13.4. The van der Waals surface area contributed by atoms with E-state index in [-0.39, 0.29) is 5.91 Å². The molecule has 108 valence electrons. The molecule has 3 rings (SSSR count). The van der Waals surface area contributed by atoms with E-state index in [2.05, 4.69) is 11.0 Å². The van der Waals surface area contributed by atoms with E-state index in [1.165, 1.54) is 11.1 Å². The zero-order valence-corrected chi connectivity index (χ0v) is 12.0. The number of aromatic hydroxyl groups is 1. The first-order chi connectivity index (χ1) is 9.65. The average Bonchev–Trinajstić information content (AvgIpc) is 2.67. The van der Waals surface area contributed by atoms with Crippen LogP contribution in [-0.2, 0) is 11.2 Å². The van der Waals surface area contributed by atoms with Crippen LogP contribution in [0.1, 0.15) is 36.9 Å². The predicted octanol–water partition coefficient (Wildman–Crippen LogP) is 1.93. The second kappa shape index (κ2) is 5.44. The van der Waals surface area contributed by atoms with E-state index in [1.54, 1.807) is 13.0 Å². The first-order valence-electron chi connectivity index (χ1n) is 7.46. The summed E-state index contributed by atoms with van der Waals surface area (Å²) in [4.78, 5) is 16.0. The molecule has 0 radical (unpaired) electrons. The second-order valence-corrected chi connectivity index (χ2v) is 5.83. The highest BCUT2D eigenvalue weighted by atomic mass is 16.3. The number of hydrogen-bond acceptors (Lipinski definition) is 3. The topological polar surface area (TPSA) is 43.8 Å². The first-order valence-corrected chi connectivity index (χ1v) is 7.46. The molecule has 1 aliphatic heterocycles. The number of amides is 1. The number of hydrogen-bond donors (Lipinski definition) is 1. The molecule has 1 fully saturated rings. The van der Waals surface area contributed by atoms with Crippen LogP contribution in [0, 0.1) is 0 Å². The van der Waals surface area contributed by atoms with Crippen LogP contribution < -0.4 is 0 Å². The van der Waals surface area contributed by atoms with Crippen LogP contribution in [0.5, 0.6) is 5.75 Å². The van der Waals surface area contributed by atoms with E-state index in [0.29, 0.717) is 11.8 Å². The van der Waals surface area contributed by atoms with Gasteiger partial charge in [0.15, 0.2) is 0 Å². The van der Waals surface area contributed by atoms with Gasteiger partial charge in [-0.1, -0.05) is 6.07 Å². The Morgan fingerprint density at radius 2 is 2.10 bits per heavy atom. The third-order valence-corrected chi connectivity index (χ3v) is 4.59. The molecular weight excluding hydrogens is 252 g/mol. The maximum Gasteiger partial charge on any atom is 0.219 e. The lowest BCUT2D eigenvalue weighted by Gasteiger charge is -2.28. The van der Waals surface area contributed by atoms with Gasteiger partial charge in [-0.2, -0.15) is 0 Å². The standard InChI is InChI=1S/C16H22N2O2/c1-12(19)17-7-2-8-18(10-9-17)16-6-3-13-11-14(20)4-5-15(13)16/h4-5,11,16,20H,2-3,6-10H2,1H3. The van der Waals surface area contributed by atoms with Crippen molar-refractivity contribution in [1.29, 1.82) is 0 Å². The maximum absolute atomic E-state index is 11.5. The molecule has 1 N–H and O–H groups in total. The fourth-order valence-corrected chi connectivity index (χ4v) is 3.52. The highest BCUT2D eigenvalue weighted by Gasteiger charge is 2.29. The van der Waals surface area contributed by atoms with Crippen molar-refractivity contribution >= 4 is 5.91 Å². The minimum absolute atomic E-state index is 0.184. The van der Waals surface area contributed by atoms with Gasteiger partial charge in [0.05, 0.1) is 0 Å². The Hall–Kier alpha value is -1.55. The molecule has 0 aromatic heterocycles. The second-order valence-electron chi connectivity index (χ2n) is 5.83. The van der Waals surface area contributed by atoms with Gasteiger partial charge in [-0.25, -0.2) is 0 Å². The van der Waals surface area contributed by atoms with Gasteiger partial charge in [0.1, 0.15) is 5.75 Å². The van der Waals surface area contributed by atoms with Gasteiger partial charge in [-0.3, -0.25) is 9.69 Å². The summed E-state index contributed by atoms with van der Waals surface area (Å²) in [6, 6.07) is 6.21. The summed E-state index contributed by atoms with van der Waals surface area (Å²) in [5.74, 6) is 0.548. The molecule has 1 aromatic rings.